The van der Waals surface area contributed by atoms with E-state index < -0.39 is 11.7 Å². The first kappa shape index (κ1) is 9.77. The summed E-state index contributed by atoms with van der Waals surface area (Å²) in [5.41, 5.74) is -0.417. The molecular weight excluding hydrogens is 155 g/mol. The Bertz CT molecular complexity index is 202. The van der Waals surface area contributed by atoms with Gasteiger partial charge in [0.25, 0.3) is 0 Å². The SMILES string of the molecule is B[C@@H]1C(=C)[C@H](CO)[C@@H](O)[C@@]1(C)O. The molecule has 3 nitrogen and oxygen atoms in total. The lowest BCUT2D eigenvalue weighted by molar-refractivity contribution is -0.0599. The molecule has 1 saturated carbocycles. The van der Waals surface area contributed by atoms with Crippen molar-refractivity contribution >= 4 is 7.85 Å². The van der Waals surface area contributed by atoms with Gasteiger partial charge in [-0.15, -0.1) is 0 Å². The van der Waals surface area contributed by atoms with E-state index in [2.05, 4.69) is 6.58 Å². The van der Waals surface area contributed by atoms with Crippen molar-refractivity contribution in [2.24, 2.45) is 5.92 Å². The van der Waals surface area contributed by atoms with Gasteiger partial charge in [-0.05, 0) is 12.7 Å². The molecule has 0 aromatic carbocycles. The molecule has 4 atom stereocenters. The Labute approximate surface area is 73.1 Å². The second kappa shape index (κ2) is 2.87. The summed E-state index contributed by atoms with van der Waals surface area (Å²) in [6, 6.07) is 0. The Hall–Kier alpha value is -0.315. The summed E-state index contributed by atoms with van der Waals surface area (Å²) in [7, 11) is 1.81. The fraction of sp³-hybridized carbons (Fsp3) is 0.750. The number of aliphatic hydroxyl groups is 3. The van der Waals surface area contributed by atoms with Gasteiger partial charge in [0.05, 0.1) is 18.3 Å². The van der Waals surface area contributed by atoms with Gasteiger partial charge in [-0.1, -0.05) is 12.2 Å². The first-order valence-electron chi connectivity index (χ1n) is 4.13. The van der Waals surface area contributed by atoms with Gasteiger partial charge in [0, 0.05) is 5.92 Å². The number of rotatable bonds is 1. The highest BCUT2D eigenvalue weighted by atomic mass is 16.3. The highest BCUT2D eigenvalue weighted by Gasteiger charge is 2.50. The summed E-state index contributed by atoms with van der Waals surface area (Å²) >= 11 is 0. The molecule has 0 aliphatic heterocycles. The third-order valence-electron chi connectivity index (χ3n) is 3.09. The largest absolute Gasteiger partial charge is 0.396 e. The van der Waals surface area contributed by atoms with Crippen LogP contribution in [0.25, 0.3) is 0 Å². The maximum atomic E-state index is 9.78. The second-order valence-corrected chi connectivity index (χ2v) is 3.76. The van der Waals surface area contributed by atoms with E-state index in [0.717, 1.165) is 5.57 Å². The predicted octanol–water partition coefficient (Wildman–Crippen LogP) is -1.30. The summed E-state index contributed by atoms with van der Waals surface area (Å²) in [6.45, 7) is 5.17. The van der Waals surface area contributed by atoms with Gasteiger partial charge in [0.15, 0.2) is 0 Å². The lowest BCUT2D eigenvalue weighted by Crippen LogP contribution is -2.40. The lowest BCUT2D eigenvalue weighted by Gasteiger charge is -2.26. The van der Waals surface area contributed by atoms with Crippen LogP contribution >= 0.6 is 0 Å². The van der Waals surface area contributed by atoms with E-state index in [0.29, 0.717) is 0 Å². The van der Waals surface area contributed by atoms with Gasteiger partial charge in [0.1, 0.15) is 7.85 Å². The maximum absolute atomic E-state index is 9.78. The molecule has 0 spiro atoms. The molecule has 12 heavy (non-hydrogen) atoms. The van der Waals surface area contributed by atoms with Crippen molar-refractivity contribution in [1.82, 2.24) is 0 Å². The van der Waals surface area contributed by atoms with Crippen LogP contribution in [0.5, 0.6) is 0 Å². The zero-order valence-corrected chi connectivity index (χ0v) is 7.49. The standard InChI is InChI=1S/C8H15BO3/c1-4-5(3-10)7(11)8(2,12)6(4)9/h5-7,10-12H,1,3,9H2,2H3/t5-,6+,7+,8-/m0/s1. The van der Waals surface area contributed by atoms with Crippen LogP contribution in [0.2, 0.25) is 5.82 Å². The van der Waals surface area contributed by atoms with Gasteiger partial charge < -0.3 is 15.3 Å². The van der Waals surface area contributed by atoms with Crippen molar-refractivity contribution in [3.05, 3.63) is 12.2 Å². The van der Waals surface area contributed by atoms with E-state index in [9.17, 15) is 10.2 Å². The molecule has 0 heterocycles. The van der Waals surface area contributed by atoms with Crippen molar-refractivity contribution in [3.63, 3.8) is 0 Å². The zero-order chi connectivity index (χ0) is 9.52. The normalized spacial score (nSPS) is 48.3. The molecule has 0 bridgehead atoms. The molecule has 0 aromatic rings. The Balaban J connectivity index is 2.94. The fourth-order valence-corrected chi connectivity index (χ4v) is 1.78. The van der Waals surface area contributed by atoms with Crippen LogP contribution < -0.4 is 0 Å². The first-order valence-corrected chi connectivity index (χ1v) is 4.13. The van der Waals surface area contributed by atoms with E-state index in [4.69, 9.17) is 5.11 Å². The minimum atomic E-state index is -1.15. The highest BCUT2D eigenvalue weighted by molar-refractivity contribution is 6.15. The minimum absolute atomic E-state index is 0.152. The van der Waals surface area contributed by atoms with E-state index in [-0.39, 0.29) is 18.3 Å². The van der Waals surface area contributed by atoms with Crippen LogP contribution in [0.1, 0.15) is 6.92 Å². The Morgan fingerprint density at radius 3 is 2.33 bits per heavy atom. The lowest BCUT2D eigenvalue weighted by atomic mass is 9.74. The third-order valence-corrected chi connectivity index (χ3v) is 3.09. The number of hydrogen-bond acceptors (Lipinski definition) is 3. The van der Waals surface area contributed by atoms with Crippen LogP contribution in [-0.4, -0.2) is 41.5 Å². The Morgan fingerprint density at radius 2 is 2.17 bits per heavy atom. The highest BCUT2D eigenvalue weighted by Crippen LogP contribution is 2.45. The van der Waals surface area contributed by atoms with E-state index in [1.54, 1.807) is 14.8 Å². The molecule has 1 fully saturated rings. The average molecular weight is 170 g/mol. The average Bonchev–Trinajstić information content (AvgIpc) is 2.15. The van der Waals surface area contributed by atoms with Gasteiger partial charge in [-0.2, -0.15) is 0 Å². The monoisotopic (exact) mass is 170 g/mol. The summed E-state index contributed by atoms with van der Waals surface area (Å²) in [4.78, 5) is 0. The molecule has 4 heteroatoms. The molecule has 0 unspecified atom stereocenters. The molecular formula is C8H15BO3. The van der Waals surface area contributed by atoms with Crippen LogP contribution in [0.3, 0.4) is 0 Å². The smallest absolute Gasteiger partial charge is 0.114 e. The van der Waals surface area contributed by atoms with Gasteiger partial charge in [-0.25, -0.2) is 0 Å². The molecule has 0 radical (unpaired) electrons. The summed E-state index contributed by atoms with van der Waals surface area (Å²) in [5, 5.41) is 28.3. The van der Waals surface area contributed by atoms with E-state index >= 15 is 0 Å². The zero-order valence-electron chi connectivity index (χ0n) is 7.49. The molecule has 1 rings (SSSR count). The maximum Gasteiger partial charge on any atom is 0.114 e. The quantitative estimate of drug-likeness (QED) is 0.338. The summed E-state index contributed by atoms with van der Waals surface area (Å²) < 4.78 is 0. The third kappa shape index (κ3) is 1.11. The van der Waals surface area contributed by atoms with Crippen LogP contribution in [0.4, 0.5) is 0 Å². The van der Waals surface area contributed by atoms with Crippen molar-refractivity contribution in [3.8, 4) is 0 Å². The molecule has 0 amide bonds. The Morgan fingerprint density at radius 1 is 1.67 bits per heavy atom. The number of hydrogen-bond donors (Lipinski definition) is 3. The molecule has 0 saturated heterocycles. The summed E-state index contributed by atoms with van der Waals surface area (Å²) in [6.07, 6.45) is -0.898. The van der Waals surface area contributed by atoms with Gasteiger partial charge >= 0.3 is 0 Å². The van der Waals surface area contributed by atoms with Gasteiger partial charge in [0.2, 0.25) is 0 Å². The minimum Gasteiger partial charge on any atom is -0.396 e. The topological polar surface area (TPSA) is 60.7 Å². The molecule has 0 aromatic heterocycles. The first-order chi connectivity index (χ1) is 5.42. The molecule has 68 valence electrons. The second-order valence-electron chi connectivity index (χ2n) is 3.76. The Kier molecular flexibility index (Phi) is 2.34. The molecule has 1 aliphatic carbocycles. The van der Waals surface area contributed by atoms with Crippen molar-refractivity contribution in [2.45, 2.75) is 24.4 Å². The van der Waals surface area contributed by atoms with Crippen molar-refractivity contribution in [2.75, 3.05) is 6.61 Å². The van der Waals surface area contributed by atoms with Gasteiger partial charge in [-0.3, -0.25) is 0 Å². The summed E-state index contributed by atoms with van der Waals surface area (Å²) in [5.74, 6) is -0.542. The van der Waals surface area contributed by atoms with Crippen LogP contribution in [-0.2, 0) is 0 Å². The fourth-order valence-electron chi connectivity index (χ4n) is 1.78. The van der Waals surface area contributed by atoms with E-state index in [1.807, 2.05) is 0 Å². The van der Waals surface area contributed by atoms with Crippen molar-refractivity contribution < 1.29 is 15.3 Å². The number of aliphatic hydroxyl groups excluding tert-OH is 2. The van der Waals surface area contributed by atoms with Crippen LogP contribution in [0.15, 0.2) is 12.2 Å². The van der Waals surface area contributed by atoms with Crippen molar-refractivity contribution in [1.29, 1.82) is 0 Å². The molecule has 3 N–H and O–H groups in total. The predicted molar refractivity (Wildman–Crippen MR) is 48.6 cm³/mol. The van der Waals surface area contributed by atoms with E-state index in [1.165, 1.54) is 0 Å². The van der Waals surface area contributed by atoms with Crippen LogP contribution in [0, 0.1) is 5.92 Å². The molecule has 1 aliphatic rings.